The highest BCUT2D eigenvalue weighted by Gasteiger charge is 2.33. The summed E-state index contributed by atoms with van der Waals surface area (Å²) < 4.78 is 59.8. The molecule has 4 nitrogen and oxygen atoms in total. The summed E-state index contributed by atoms with van der Waals surface area (Å²) >= 11 is 0. The Morgan fingerprint density at radius 2 is 1.61 bits per heavy atom. The van der Waals surface area contributed by atoms with Gasteiger partial charge in [-0.25, -0.2) is 4.39 Å². The summed E-state index contributed by atoms with van der Waals surface area (Å²) in [6.45, 7) is 0. The summed E-state index contributed by atoms with van der Waals surface area (Å²) in [5.41, 5.74) is 2.05. The predicted molar refractivity (Wildman–Crippen MR) is 97.1 cm³/mol. The highest BCUT2D eigenvalue weighted by Crippen LogP contribution is 2.32. The number of nitrogens with zero attached hydrogens (tertiary/aromatic N) is 2. The fraction of sp³-hybridized carbons (Fsp3) is 0.100. The molecule has 0 unspecified atom stereocenters. The SMILES string of the molecule is CN[n+]1ccc(Oc2ccc(N=Cc3cc(F)ccc3C(F)(F)F)cc2)cc1. The van der Waals surface area contributed by atoms with Crippen LogP contribution < -0.4 is 14.8 Å². The molecule has 1 aromatic heterocycles. The zero-order valence-corrected chi connectivity index (χ0v) is 14.7. The van der Waals surface area contributed by atoms with E-state index in [9.17, 15) is 17.6 Å². The van der Waals surface area contributed by atoms with E-state index in [0.717, 1.165) is 18.3 Å². The van der Waals surface area contributed by atoms with Gasteiger partial charge in [-0.05, 0) is 42.5 Å². The van der Waals surface area contributed by atoms with Gasteiger partial charge < -0.3 is 4.74 Å². The van der Waals surface area contributed by atoms with E-state index in [4.69, 9.17) is 4.74 Å². The molecule has 0 fully saturated rings. The fourth-order valence-electron chi connectivity index (χ4n) is 2.41. The second-order valence-electron chi connectivity index (χ2n) is 5.75. The van der Waals surface area contributed by atoms with Crippen molar-refractivity contribution < 1.29 is 27.0 Å². The molecule has 0 aliphatic carbocycles. The number of hydrogen-bond acceptors (Lipinski definition) is 3. The van der Waals surface area contributed by atoms with E-state index >= 15 is 0 Å². The van der Waals surface area contributed by atoms with Gasteiger partial charge in [-0.2, -0.15) is 18.6 Å². The number of benzene rings is 2. The molecule has 0 aliphatic rings. The largest absolute Gasteiger partial charge is 0.457 e. The molecule has 8 heteroatoms. The first-order valence-corrected chi connectivity index (χ1v) is 8.23. The lowest BCUT2D eigenvalue weighted by Gasteiger charge is -2.09. The van der Waals surface area contributed by atoms with E-state index in [0.29, 0.717) is 23.3 Å². The van der Waals surface area contributed by atoms with E-state index < -0.39 is 17.6 Å². The molecule has 0 bridgehead atoms. The van der Waals surface area contributed by atoms with E-state index in [2.05, 4.69) is 10.4 Å². The van der Waals surface area contributed by atoms with Crippen LogP contribution in [0.2, 0.25) is 0 Å². The van der Waals surface area contributed by atoms with Crippen LogP contribution in [0.15, 0.2) is 72.0 Å². The van der Waals surface area contributed by atoms with Crippen LogP contribution in [0.3, 0.4) is 0 Å². The van der Waals surface area contributed by atoms with Gasteiger partial charge in [0.1, 0.15) is 17.3 Å². The zero-order chi connectivity index (χ0) is 20.1. The molecule has 2 aromatic carbocycles. The summed E-state index contributed by atoms with van der Waals surface area (Å²) in [7, 11) is 1.78. The minimum absolute atomic E-state index is 0.338. The normalized spacial score (nSPS) is 11.6. The lowest BCUT2D eigenvalue weighted by atomic mass is 10.1. The Hall–Kier alpha value is -3.42. The van der Waals surface area contributed by atoms with Gasteiger partial charge in [0.25, 0.3) is 0 Å². The van der Waals surface area contributed by atoms with Crippen molar-refractivity contribution in [3.63, 3.8) is 0 Å². The fourth-order valence-corrected chi connectivity index (χ4v) is 2.41. The Morgan fingerprint density at radius 1 is 0.964 bits per heavy atom. The Bertz CT molecular complexity index is 968. The Balaban J connectivity index is 1.74. The topological polar surface area (TPSA) is 37.5 Å². The second kappa shape index (κ2) is 8.08. The number of pyridine rings is 1. The minimum Gasteiger partial charge on any atom is -0.457 e. The molecule has 0 radical (unpaired) electrons. The van der Waals surface area contributed by atoms with Crippen LogP contribution >= 0.6 is 0 Å². The van der Waals surface area contributed by atoms with Crippen LogP contribution in [0.25, 0.3) is 0 Å². The number of aliphatic imine (C=N–C) groups is 1. The first-order valence-electron chi connectivity index (χ1n) is 8.23. The quantitative estimate of drug-likeness (QED) is 0.384. The van der Waals surface area contributed by atoms with Gasteiger partial charge in [-0.15, -0.1) is 0 Å². The number of hydrogen-bond donors (Lipinski definition) is 1. The lowest BCUT2D eigenvalue weighted by Crippen LogP contribution is -2.41. The van der Waals surface area contributed by atoms with Crippen LogP contribution in [0.4, 0.5) is 23.2 Å². The van der Waals surface area contributed by atoms with E-state index in [1.807, 2.05) is 0 Å². The zero-order valence-electron chi connectivity index (χ0n) is 14.7. The van der Waals surface area contributed by atoms with Gasteiger partial charge in [0.15, 0.2) is 0 Å². The maximum atomic E-state index is 13.3. The summed E-state index contributed by atoms with van der Waals surface area (Å²) in [4.78, 5) is 4.00. The van der Waals surface area contributed by atoms with E-state index in [1.54, 1.807) is 60.5 Å². The van der Waals surface area contributed by atoms with Crippen LogP contribution in [0, 0.1) is 5.82 Å². The lowest BCUT2D eigenvalue weighted by molar-refractivity contribution is -0.647. The van der Waals surface area contributed by atoms with Gasteiger partial charge in [-0.3, -0.25) is 4.99 Å². The minimum atomic E-state index is -4.59. The predicted octanol–water partition coefficient (Wildman–Crippen LogP) is 4.85. The van der Waals surface area contributed by atoms with Gasteiger partial charge in [-0.1, -0.05) is 4.68 Å². The molecule has 0 saturated carbocycles. The molecule has 0 saturated heterocycles. The van der Waals surface area contributed by atoms with Crippen molar-refractivity contribution in [1.29, 1.82) is 0 Å². The highest BCUT2D eigenvalue weighted by molar-refractivity contribution is 5.84. The third-order valence-corrected chi connectivity index (χ3v) is 3.80. The monoisotopic (exact) mass is 390 g/mol. The molecule has 0 spiro atoms. The Kier molecular flexibility index (Phi) is 5.58. The molecule has 0 aliphatic heterocycles. The summed E-state index contributed by atoms with van der Waals surface area (Å²) in [5.74, 6) is 0.404. The molecule has 0 amide bonds. The molecule has 1 heterocycles. The van der Waals surface area contributed by atoms with Crippen LogP contribution in [0.5, 0.6) is 11.5 Å². The molecular weight excluding hydrogens is 374 g/mol. The van der Waals surface area contributed by atoms with Crippen molar-refractivity contribution in [3.05, 3.63) is 83.9 Å². The highest BCUT2D eigenvalue weighted by atomic mass is 19.4. The third kappa shape index (κ3) is 4.85. The van der Waals surface area contributed by atoms with Gasteiger partial charge in [0.2, 0.25) is 12.4 Å². The van der Waals surface area contributed by atoms with Crippen molar-refractivity contribution in [3.8, 4) is 11.5 Å². The first-order chi connectivity index (χ1) is 13.3. The molecule has 3 rings (SSSR count). The summed E-state index contributed by atoms with van der Waals surface area (Å²) in [5, 5.41) is 0. The number of halogens is 4. The van der Waals surface area contributed by atoms with Crippen molar-refractivity contribution in [1.82, 2.24) is 0 Å². The van der Waals surface area contributed by atoms with Crippen molar-refractivity contribution >= 4 is 11.9 Å². The number of nitrogens with one attached hydrogen (secondary N) is 1. The maximum absolute atomic E-state index is 13.3. The summed E-state index contributed by atoms with van der Waals surface area (Å²) in [6, 6.07) is 12.3. The molecule has 0 atom stereocenters. The third-order valence-electron chi connectivity index (χ3n) is 3.80. The molecule has 1 N–H and O–H groups in total. The van der Waals surface area contributed by atoms with Gasteiger partial charge in [0.05, 0.1) is 18.3 Å². The molecule has 28 heavy (non-hydrogen) atoms. The Labute approximate surface area is 158 Å². The van der Waals surface area contributed by atoms with Crippen LogP contribution in [0.1, 0.15) is 11.1 Å². The van der Waals surface area contributed by atoms with E-state index in [1.165, 1.54) is 0 Å². The number of ether oxygens (including phenoxy) is 1. The van der Waals surface area contributed by atoms with Crippen LogP contribution in [-0.2, 0) is 6.18 Å². The maximum Gasteiger partial charge on any atom is 0.417 e. The number of rotatable bonds is 5. The number of alkyl halides is 3. The van der Waals surface area contributed by atoms with Crippen LogP contribution in [-0.4, -0.2) is 13.3 Å². The molecule has 144 valence electrons. The standard InChI is InChI=1S/C20H16F4N3O/c1-25-27-10-8-18(9-11-27)28-17-5-3-16(4-6-17)26-13-14-12-15(21)2-7-19(14)20(22,23)24/h2-13,25H,1H3/q+1. The van der Waals surface area contributed by atoms with Crippen molar-refractivity contribution in [2.75, 3.05) is 12.5 Å². The van der Waals surface area contributed by atoms with Crippen molar-refractivity contribution in [2.45, 2.75) is 6.18 Å². The average molecular weight is 390 g/mol. The summed E-state index contributed by atoms with van der Waals surface area (Å²) in [6.07, 6.45) is -0.0280. The average Bonchev–Trinajstić information content (AvgIpc) is 2.67. The Morgan fingerprint density at radius 3 is 2.21 bits per heavy atom. The number of aromatic nitrogens is 1. The molecule has 3 aromatic rings. The van der Waals surface area contributed by atoms with Gasteiger partial charge >= 0.3 is 6.18 Å². The first kappa shape index (κ1) is 19.3. The second-order valence-corrected chi connectivity index (χ2v) is 5.75. The van der Waals surface area contributed by atoms with E-state index in [-0.39, 0.29) is 5.56 Å². The smallest absolute Gasteiger partial charge is 0.417 e. The van der Waals surface area contributed by atoms with Gasteiger partial charge in [0, 0.05) is 23.9 Å². The van der Waals surface area contributed by atoms with Crippen molar-refractivity contribution in [2.24, 2.45) is 4.99 Å². The molecular formula is C20H16F4N3O+.